The Kier molecular flexibility index (Phi) is 7.16. The summed E-state index contributed by atoms with van der Waals surface area (Å²) in [4.78, 5) is 48.0. The average molecular weight is 376 g/mol. The summed E-state index contributed by atoms with van der Waals surface area (Å²) in [5.41, 5.74) is 0.754. The SMILES string of the molecule is CCOC(=O)c1cccc(NC(=O)N2CCCN2C(=O)CCC(=O)NC)c1. The minimum Gasteiger partial charge on any atom is -0.462 e. The molecule has 27 heavy (non-hydrogen) atoms. The number of anilines is 1. The van der Waals surface area contributed by atoms with Gasteiger partial charge in [-0.1, -0.05) is 6.07 Å². The molecule has 2 N–H and O–H groups in total. The van der Waals surface area contributed by atoms with Crippen LogP contribution in [0.15, 0.2) is 24.3 Å². The number of carbonyl (C=O) groups excluding carboxylic acids is 4. The predicted molar refractivity (Wildman–Crippen MR) is 97.8 cm³/mol. The Morgan fingerprint density at radius 2 is 1.85 bits per heavy atom. The lowest BCUT2D eigenvalue weighted by Gasteiger charge is -2.28. The fraction of sp³-hybridized carbons (Fsp3) is 0.444. The van der Waals surface area contributed by atoms with Crippen LogP contribution in [-0.4, -0.2) is 60.6 Å². The molecule has 0 unspecified atom stereocenters. The van der Waals surface area contributed by atoms with Crippen molar-refractivity contribution in [2.75, 3.05) is 32.1 Å². The number of nitrogens with one attached hydrogen (secondary N) is 2. The molecule has 1 aromatic carbocycles. The third-order valence-electron chi connectivity index (χ3n) is 4.02. The Labute approximate surface area is 157 Å². The van der Waals surface area contributed by atoms with Gasteiger partial charge in [0, 0.05) is 38.7 Å². The number of ether oxygens (including phenoxy) is 1. The highest BCUT2D eigenvalue weighted by atomic mass is 16.5. The normalized spacial score (nSPS) is 13.3. The number of hydrazine groups is 1. The first-order valence-corrected chi connectivity index (χ1v) is 8.82. The first-order valence-electron chi connectivity index (χ1n) is 8.82. The van der Waals surface area contributed by atoms with Gasteiger partial charge in [0.15, 0.2) is 0 Å². The zero-order valence-electron chi connectivity index (χ0n) is 15.5. The average Bonchev–Trinajstić information content (AvgIpc) is 3.16. The molecule has 0 radical (unpaired) electrons. The smallest absolute Gasteiger partial charge is 0.340 e. The van der Waals surface area contributed by atoms with Gasteiger partial charge in [-0.2, -0.15) is 0 Å². The number of urea groups is 1. The van der Waals surface area contributed by atoms with Gasteiger partial charge < -0.3 is 15.4 Å². The Balaban J connectivity index is 2.00. The minimum absolute atomic E-state index is 0.0296. The monoisotopic (exact) mass is 376 g/mol. The lowest BCUT2D eigenvalue weighted by molar-refractivity contribution is -0.141. The van der Waals surface area contributed by atoms with Crippen LogP contribution in [0.25, 0.3) is 0 Å². The second-order valence-corrected chi connectivity index (χ2v) is 5.90. The Morgan fingerprint density at radius 3 is 2.56 bits per heavy atom. The van der Waals surface area contributed by atoms with Crippen molar-refractivity contribution in [1.29, 1.82) is 0 Å². The van der Waals surface area contributed by atoms with Crippen molar-refractivity contribution in [2.24, 2.45) is 0 Å². The summed E-state index contributed by atoms with van der Waals surface area (Å²) in [7, 11) is 1.51. The van der Waals surface area contributed by atoms with Gasteiger partial charge in [-0.3, -0.25) is 14.6 Å². The van der Waals surface area contributed by atoms with E-state index < -0.39 is 12.0 Å². The molecule has 9 nitrogen and oxygen atoms in total. The van der Waals surface area contributed by atoms with Crippen LogP contribution < -0.4 is 10.6 Å². The lowest BCUT2D eigenvalue weighted by atomic mass is 10.2. The summed E-state index contributed by atoms with van der Waals surface area (Å²) >= 11 is 0. The minimum atomic E-state index is -0.472. The van der Waals surface area contributed by atoms with Crippen molar-refractivity contribution < 1.29 is 23.9 Å². The highest BCUT2D eigenvalue weighted by Crippen LogP contribution is 2.17. The first kappa shape index (κ1) is 20.2. The van der Waals surface area contributed by atoms with E-state index in [-0.39, 0.29) is 31.3 Å². The van der Waals surface area contributed by atoms with E-state index in [1.807, 2.05) is 0 Å². The molecule has 1 fully saturated rings. The second-order valence-electron chi connectivity index (χ2n) is 5.90. The number of carbonyl (C=O) groups is 4. The van der Waals surface area contributed by atoms with Gasteiger partial charge in [0.2, 0.25) is 11.8 Å². The topological polar surface area (TPSA) is 108 Å². The van der Waals surface area contributed by atoms with Gasteiger partial charge in [0.1, 0.15) is 0 Å². The van der Waals surface area contributed by atoms with Crippen molar-refractivity contribution >= 4 is 29.5 Å². The van der Waals surface area contributed by atoms with Gasteiger partial charge in [0.25, 0.3) is 0 Å². The zero-order chi connectivity index (χ0) is 19.8. The van der Waals surface area contributed by atoms with E-state index in [1.54, 1.807) is 25.1 Å². The van der Waals surface area contributed by atoms with Crippen LogP contribution >= 0.6 is 0 Å². The summed E-state index contributed by atoms with van der Waals surface area (Å²) in [6, 6.07) is 5.93. The van der Waals surface area contributed by atoms with E-state index >= 15 is 0 Å². The summed E-state index contributed by atoms with van der Waals surface area (Å²) < 4.78 is 4.94. The standard InChI is InChI=1S/C18H24N4O5/c1-3-27-17(25)13-6-4-7-14(12-13)20-18(26)22-11-5-10-21(22)16(24)9-8-15(23)19-2/h4,6-7,12H,3,5,8-11H2,1-2H3,(H,19,23)(H,20,26). The molecule has 1 heterocycles. The van der Waals surface area contributed by atoms with Crippen LogP contribution in [0.5, 0.6) is 0 Å². The molecule has 1 aliphatic rings. The lowest BCUT2D eigenvalue weighted by Crippen LogP contribution is -2.46. The number of benzene rings is 1. The highest BCUT2D eigenvalue weighted by molar-refractivity contribution is 5.95. The summed E-state index contributed by atoms with van der Waals surface area (Å²) in [6.45, 7) is 2.79. The molecule has 0 saturated carbocycles. The van der Waals surface area contributed by atoms with Crippen LogP contribution in [0.3, 0.4) is 0 Å². The van der Waals surface area contributed by atoms with Crippen LogP contribution in [0.2, 0.25) is 0 Å². The maximum absolute atomic E-state index is 12.6. The highest BCUT2D eigenvalue weighted by Gasteiger charge is 2.30. The van der Waals surface area contributed by atoms with E-state index in [1.165, 1.54) is 23.1 Å². The molecule has 1 saturated heterocycles. The van der Waals surface area contributed by atoms with Crippen molar-refractivity contribution in [3.63, 3.8) is 0 Å². The fourth-order valence-electron chi connectivity index (χ4n) is 2.68. The molecule has 1 aliphatic heterocycles. The molecule has 1 aromatic rings. The van der Waals surface area contributed by atoms with Crippen LogP contribution in [-0.2, 0) is 14.3 Å². The summed E-state index contributed by atoms with van der Waals surface area (Å²) in [6.07, 6.45) is 0.757. The Hall–Kier alpha value is -3.10. The third-order valence-corrected chi connectivity index (χ3v) is 4.02. The molecule has 9 heteroatoms. The molecule has 0 atom stereocenters. The molecule has 4 amide bonds. The maximum atomic E-state index is 12.6. The van der Waals surface area contributed by atoms with E-state index in [4.69, 9.17) is 4.74 Å². The number of hydrogen-bond acceptors (Lipinski definition) is 5. The Morgan fingerprint density at radius 1 is 1.11 bits per heavy atom. The maximum Gasteiger partial charge on any atom is 0.340 e. The number of esters is 1. The van der Waals surface area contributed by atoms with Crippen molar-refractivity contribution in [3.8, 4) is 0 Å². The van der Waals surface area contributed by atoms with Gasteiger partial charge in [-0.05, 0) is 31.5 Å². The molecule has 0 aromatic heterocycles. The first-order chi connectivity index (χ1) is 13.0. The van der Waals surface area contributed by atoms with Gasteiger partial charge >= 0.3 is 12.0 Å². The quantitative estimate of drug-likeness (QED) is 0.729. The van der Waals surface area contributed by atoms with E-state index in [2.05, 4.69) is 10.6 Å². The molecular weight excluding hydrogens is 352 g/mol. The van der Waals surface area contributed by atoms with E-state index in [9.17, 15) is 19.2 Å². The van der Waals surface area contributed by atoms with Crippen LogP contribution in [0.4, 0.5) is 10.5 Å². The van der Waals surface area contributed by atoms with Crippen molar-refractivity contribution in [1.82, 2.24) is 15.3 Å². The summed E-state index contributed by atoms with van der Waals surface area (Å²) in [5, 5.41) is 7.83. The number of amides is 4. The van der Waals surface area contributed by atoms with E-state index in [0.29, 0.717) is 30.8 Å². The largest absolute Gasteiger partial charge is 0.462 e. The zero-order valence-corrected chi connectivity index (χ0v) is 15.5. The molecule has 2 rings (SSSR count). The van der Waals surface area contributed by atoms with Gasteiger partial charge in [0.05, 0.1) is 12.2 Å². The van der Waals surface area contributed by atoms with Gasteiger partial charge in [-0.25, -0.2) is 14.6 Å². The molecule has 0 aliphatic carbocycles. The molecule has 146 valence electrons. The van der Waals surface area contributed by atoms with Crippen molar-refractivity contribution in [2.45, 2.75) is 26.2 Å². The molecule has 0 spiro atoms. The predicted octanol–water partition coefficient (Wildman–Crippen LogP) is 1.37. The number of nitrogens with zero attached hydrogens (tertiary/aromatic N) is 2. The molecule has 0 bridgehead atoms. The van der Waals surface area contributed by atoms with Crippen LogP contribution in [0.1, 0.15) is 36.5 Å². The third kappa shape index (κ3) is 5.44. The molecular formula is C18H24N4O5. The fourth-order valence-corrected chi connectivity index (χ4v) is 2.68. The number of hydrogen-bond donors (Lipinski definition) is 2. The Bertz CT molecular complexity index is 721. The van der Waals surface area contributed by atoms with Gasteiger partial charge in [-0.15, -0.1) is 0 Å². The second kappa shape index (κ2) is 9.56. The number of rotatable bonds is 6. The summed E-state index contributed by atoms with van der Waals surface area (Å²) in [5.74, 6) is -0.985. The van der Waals surface area contributed by atoms with Crippen molar-refractivity contribution in [3.05, 3.63) is 29.8 Å². The van der Waals surface area contributed by atoms with Crippen LogP contribution in [0, 0.1) is 0 Å². The van der Waals surface area contributed by atoms with E-state index in [0.717, 1.165) is 0 Å².